The Morgan fingerprint density at radius 3 is 2.68 bits per heavy atom. The molecule has 1 N–H and O–H groups in total. The number of benzene rings is 2. The maximum atomic E-state index is 12.5. The van der Waals surface area contributed by atoms with Crippen LogP contribution in [0.2, 0.25) is 0 Å². The van der Waals surface area contributed by atoms with Gasteiger partial charge in [-0.25, -0.2) is 4.79 Å². The zero-order valence-corrected chi connectivity index (χ0v) is 14.7. The van der Waals surface area contributed by atoms with Crippen LogP contribution in [0, 0.1) is 25.2 Å². The minimum Gasteiger partial charge on any atom is -0.308 e. The van der Waals surface area contributed by atoms with Gasteiger partial charge in [-0.2, -0.15) is 10.4 Å². The Labute approximate surface area is 146 Å². The monoisotopic (exact) mass is 333 g/mol. The SMILES string of the molecule is Cc1cc(NC(=O)N(C)c2ccc3c(C)n(C)nc3c2)ccc1C#N. The van der Waals surface area contributed by atoms with Gasteiger partial charge in [-0.15, -0.1) is 0 Å². The summed E-state index contributed by atoms with van der Waals surface area (Å²) in [6, 6.07) is 12.8. The van der Waals surface area contributed by atoms with Gasteiger partial charge < -0.3 is 5.32 Å². The fourth-order valence-corrected chi connectivity index (χ4v) is 2.72. The molecule has 3 rings (SSSR count). The summed E-state index contributed by atoms with van der Waals surface area (Å²) in [5.41, 5.74) is 4.78. The van der Waals surface area contributed by atoms with Gasteiger partial charge in [0.1, 0.15) is 0 Å². The van der Waals surface area contributed by atoms with Crippen molar-refractivity contribution in [3.05, 3.63) is 53.2 Å². The van der Waals surface area contributed by atoms with Crippen molar-refractivity contribution in [3.8, 4) is 6.07 Å². The van der Waals surface area contributed by atoms with Crippen LogP contribution in [0.4, 0.5) is 16.2 Å². The van der Waals surface area contributed by atoms with Gasteiger partial charge >= 0.3 is 6.03 Å². The summed E-state index contributed by atoms with van der Waals surface area (Å²) in [4.78, 5) is 14.0. The number of rotatable bonds is 2. The summed E-state index contributed by atoms with van der Waals surface area (Å²) in [5.74, 6) is 0. The molecule has 0 aliphatic carbocycles. The van der Waals surface area contributed by atoms with Crippen LogP contribution in [0.5, 0.6) is 0 Å². The number of amides is 2. The number of nitrogens with one attached hydrogen (secondary N) is 1. The highest BCUT2D eigenvalue weighted by Crippen LogP contribution is 2.24. The van der Waals surface area contributed by atoms with Gasteiger partial charge in [-0.1, -0.05) is 0 Å². The van der Waals surface area contributed by atoms with Gasteiger partial charge in [0.25, 0.3) is 0 Å². The number of fused-ring (bicyclic) bond motifs is 1. The molecule has 0 atom stereocenters. The van der Waals surface area contributed by atoms with E-state index in [1.54, 1.807) is 25.2 Å². The average Bonchev–Trinajstić information content (AvgIpc) is 2.88. The first-order chi connectivity index (χ1) is 11.9. The van der Waals surface area contributed by atoms with Crippen LogP contribution >= 0.6 is 0 Å². The number of nitrogens with zero attached hydrogens (tertiary/aromatic N) is 4. The van der Waals surface area contributed by atoms with E-state index in [0.29, 0.717) is 11.3 Å². The molecule has 2 aromatic carbocycles. The van der Waals surface area contributed by atoms with E-state index in [1.165, 1.54) is 4.90 Å². The number of hydrogen-bond acceptors (Lipinski definition) is 3. The molecule has 0 saturated carbocycles. The molecule has 3 aromatic rings. The van der Waals surface area contributed by atoms with Crippen LogP contribution in [0.25, 0.3) is 10.9 Å². The Morgan fingerprint density at radius 2 is 2.00 bits per heavy atom. The van der Waals surface area contributed by atoms with E-state index in [9.17, 15) is 4.79 Å². The lowest BCUT2D eigenvalue weighted by Gasteiger charge is -2.18. The second kappa shape index (κ2) is 6.29. The fraction of sp³-hybridized carbons (Fsp3) is 0.211. The lowest BCUT2D eigenvalue weighted by atomic mass is 10.1. The molecule has 1 heterocycles. The molecule has 0 aliphatic heterocycles. The highest BCUT2D eigenvalue weighted by Gasteiger charge is 2.14. The van der Waals surface area contributed by atoms with Gasteiger partial charge in [0, 0.05) is 36.6 Å². The zero-order chi connectivity index (χ0) is 18.1. The Balaban J connectivity index is 1.82. The van der Waals surface area contributed by atoms with Gasteiger partial charge in [0.15, 0.2) is 0 Å². The van der Waals surface area contributed by atoms with Crippen molar-refractivity contribution in [2.45, 2.75) is 13.8 Å². The minimum absolute atomic E-state index is 0.254. The van der Waals surface area contributed by atoms with E-state index in [1.807, 2.05) is 43.8 Å². The number of hydrogen-bond donors (Lipinski definition) is 1. The number of carbonyl (C=O) groups excluding carboxylic acids is 1. The topological polar surface area (TPSA) is 74.0 Å². The first kappa shape index (κ1) is 16.5. The van der Waals surface area contributed by atoms with E-state index in [0.717, 1.165) is 27.8 Å². The second-order valence-electron chi connectivity index (χ2n) is 6.04. The summed E-state index contributed by atoms with van der Waals surface area (Å²) < 4.78 is 1.83. The molecule has 0 radical (unpaired) electrons. The first-order valence-electron chi connectivity index (χ1n) is 7.89. The predicted octanol–water partition coefficient (Wildman–Crippen LogP) is 3.73. The molecule has 126 valence electrons. The van der Waals surface area contributed by atoms with Crippen LogP contribution < -0.4 is 10.2 Å². The molecule has 6 nitrogen and oxygen atoms in total. The molecule has 1 aromatic heterocycles. The summed E-state index contributed by atoms with van der Waals surface area (Å²) in [7, 11) is 3.61. The van der Waals surface area contributed by atoms with Crippen molar-refractivity contribution in [2.24, 2.45) is 7.05 Å². The van der Waals surface area contributed by atoms with E-state index >= 15 is 0 Å². The second-order valence-corrected chi connectivity index (χ2v) is 6.04. The number of aryl methyl sites for hydroxylation is 3. The van der Waals surface area contributed by atoms with E-state index < -0.39 is 0 Å². The molecular formula is C19H19N5O. The highest BCUT2D eigenvalue weighted by molar-refractivity contribution is 6.02. The molecule has 0 unspecified atom stereocenters. The molecule has 6 heteroatoms. The van der Waals surface area contributed by atoms with E-state index in [4.69, 9.17) is 5.26 Å². The number of nitriles is 1. The Bertz CT molecular complexity index is 1010. The van der Waals surface area contributed by atoms with Crippen molar-refractivity contribution >= 4 is 28.3 Å². The molecule has 0 fully saturated rings. The van der Waals surface area contributed by atoms with Crippen LogP contribution in [0.15, 0.2) is 36.4 Å². The normalized spacial score (nSPS) is 10.5. The predicted molar refractivity (Wildman–Crippen MR) is 98.8 cm³/mol. The Kier molecular flexibility index (Phi) is 4.15. The van der Waals surface area contributed by atoms with Gasteiger partial charge in [0.2, 0.25) is 0 Å². The van der Waals surface area contributed by atoms with Crippen molar-refractivity contribution in [1.29, 1.82) is 5.26 Å². The first-order valence-corrected chi connectivity index (χ1v) is 7.89. The lowest BCUT2D eigenvalue weighted by molar-refractivity contribution is 0.258. The smallest absolute Gasteiger partial charge is 0.308 e. The van der Waals surface area contributed by atoms with Crippen LogP contribution in [-0.2, 0) is 7.05 Å². The number of carbonyl (C=O) groups is 1. The quantitative estimate of drug-likeness (QED) is 0.776. The molecule has 2 amide bonds. The highest BCUT2D eigenvalue weighted by atomic mass is 16.2. The van der Waals surface area contributed by atoms with Crippen molar-refractivity contribution in [1.82, 2.24) is 9.78 Å². The van der Waals surface area contributed by atoms with E-state index in [2.05, 4.69) is 16.5 Å². The lowest BCUT2D eigenvalue weighted by Crippen LogP contribution is -2.31. The van der Waals surface area contributed by atoms with E-state index in [-0.39, 0.29) is 6.03 Å². The summed E-state index contributed by atoms with van der Waals surface area (Å²) in [5, 5.41) is 17.4. The zero-order valence-electron chi connectivity index (χ0n) is 14.7. The van der Waals surface area contributed by atoms with Crippen molar-refractivity contribution in [3.63, 3.8) is 0 Å². The van der Waals surface area contributed by atoms with Gasteiger partial charge in [0.05, 0.1) is 17.1 Å². The molecule has 0 spiro atoms. The van der Waals surface area contributed by atoms with Crippen LogP contribution in [-0.4, -0.2) is 22.9 Å². The number of anilines is 2. The Morgan fingerprint density at radius 1 is 1.24 bits per heavy atom. The number of urea groups is 1. The molecule has 0 aliphatic rings. The summed E-state index contributed by atoms with van der Waals surface area (Å²) in [6.45, 7) is 3.86. The van der Waals surface area contributed by atoms with Gasteiger partial charge in [-0.05, 0) is 55.8 Å². The van der Waals surface area contributed by atoms with Crippen molar-refractivity contribution in [2.75, 3.05) is 17.3 Å². The van der Waals surface area contributed by atoms with Crippen LogP contribution in [0.1, 0.15) is 16.8 Å². The third-order valence-corrected chi connectivity index (χ3v) is 4.40. The Hall–Kier alpha value is -3.33. The summed E-state index contributed by atoms with van der Waals surface area (Å²) >= 11 is 0. The van der Waals surface area contributed by atoms with Crippen LogP contribution in [0.3, 0.4) is 0 Å². The molecule has 25 heavy (non-hydrogen) atoms. The van der Waals surface area contributed by atoms with Crippen molar-refractivity contribution < 1.29 is 4.79 Å². The maximum Gasteiger partial charge on any atom is 0.326 e. The third-order valence-electron chi connectivity index (χ3n) is 4.40. The molecule has 0 bridgehead atoms. The largest absolute Gasteiger partial charge is 0.326 e. The standard InChI is InChI=1S/C19H19N5O/c1-12-9-15(6-5-14(12)11-20)21-19(25)23(3)16-7-8-17-13(2)24(4)22-18(17)10-16/h5-10H,1-4H3,(H,21,25). The van der Waals surface area contributed by atoms with Gasteiger partial charge in [-0.3, -0.25) is 9.58 Å². The minimum atomic E-state index is -0.254. The molecular weight excluding hydrogens is 314 g/mol. The molecule has 0 saturated heterocycles. The third kappa shape index (κ3) is 3.04. The summed E-state index contributed by atoms with van der Waals surface area (Å²) in [6.07, 6.45) is 0. The average molecular weight is 333 g/mol. The number of aromatic nitrogens is 2. The fourth-order valence-electron chi connectivity index (χ4n) is 2.72. The maximum absolute atomic E-state index is 12.5.